The number of hydrogen-bond donors (Lipinski definition) is 0. The molecule has 0 saturated carbocycles. The van der Waals surface area contributed by atoms with E-state index in [1.54, 1.807) is 12.5 Å². The minimum Gasteiger partial charge on any atom is -0.491 e. The van der Waals surface area contributed by atoms with Crippen LogP contribution in [-0.4, -0.2) is 16.1 Å². The van der Waals surface area contributed by atoms with Gasteiger partial charge in [-0.05, 0) is 49.8 Å². The van der Waals surface area contributed by atoms with E-state index in [0.29, 0.717) is 19.1 Å². The lowest BCUT2D eigenvalue weighted by molar-refractivity contribution is 0.102. The summed E-state index contributed by atoms with van der Waals surface area (Å²) in [6, 6.07) is 13.6. The monoisotopic (exact) mass is 350 g/mol. The number of pyridine rings is 1. The Balaban J connectivity index is 1.50. The maximum Gasteiger partial charge on any atom is 0.218 e. The summed E-state index contributed by atoms with van der Waals surface area (Å²) in [7, 11) is 0. The van der Waals surface area contributed by atoms with Crippen molar-refractivity contribution >= 4 is 12.2 Å². The predicted molar refractivity (Wildman–Crippen MR) is 100 cm³/mol. The molecule has 0 fully saturated rings. The van der Waals surface area contributed by atoms with E-state index in [0.717, 1.165) is 22.7 Å². The van der Waals surface area contributed by atoms with Gasteiger partial charge in [0.05, 0.1) is 25.0 Å². The smallest absolute Gasteiger partial charge is 0.218 e. The molecule has 5 nitrogen and oxygen atoms in total. The molecule has 1 aromatic carbocycles. The van der Waals surface area contributed by atoms with E-state index in [-0.39, 0.29) is 6.10 Å². The van der Waals surface area contributed by atoms with Crippen molar-refractivity contribution in [3.05, 3.63) is 77.8 Å². The number of ether oxygens (including phenoxy) is 2. The van der Waals surface area contributed by atoms with Crippen LogP contribution in [0.1, 0.15) is 36.7 Å². The zero-order chi connectivity index (χ0) is 18.2. The largest absolute Gasteiger partial charge is 0.491 e. The molecule has 0 aliphatic rings. The first-order chi connectivity index (χ1) is 12.7. The lowest BCUT2D eigenvalue weighted by Gasteiger charge is -2.09. The maximum atomic E-state index is 5.63. The average Bonchev–Trinajstić information content (AvgIpc) is 3.09. The summed E-state index contributed by atoms with van der Waals surface area (Å²) in [6.07, 6.45) is 7.31. The lowest BCUT2D eigenvalue weighted by Crippen LogP contribution is -2.05. The van der Waals surface area contributed by atoms with Crippen LogP contribution in [0.25, 0.3) is 12.2 Å². The fourth-order valence-electron chi connectivity index (χ4n) is 2.31. The minimum absolute atomic E-state index is 0.169. The fraction of sp³-hybridized carbons (Fsp3) is 0.238. The fourth-order valence-corrected chi connectivity index (χ4v) is 2.31. The molecule has 26 heavy (non-hydrogen) atoms. The third kappa shape index (κ3) is 5.57. The summed E-state index contributed by atoms with van der Waals surface area (Å²) in [6.45, 7) is 4.85. The van der Waals surface area contributed by atoms with Gasteiger partial charge in [0, 0.05) is 12.3 Å². The molecule has 0 N–H and O–H groups in total. The Labute approximate surface area is 153 Å². The molecule has 0 saturated heterocycles. The number of aromatic nitrogens is 2. The highest BCUT2D eigenvalue weighted by Crippen LogP contribution is 2.16. The van der Waals surface area contributed by atoms with Crippen LogP contribution in [0, 0.1) is 0 Å². The summed E-state index contributed by atoms with van der Waals surface area (Å²) in [5.41, 5.74) is 2.69. The van der Waals surface area contributed by atoms with Gasteiger partial charge in [0.2, 0.25) is 5.89 Å². The number of benzene rings is 1. The van der Waals surface area contributed by atoms with E-state index in [2.05, 4.69) is 9.97 Å². The molecule has 5 heteroatoms. The molecule has 0 aliphatic heterocycles. The van der Waals surface area contributed by atoms with Crippen LogP contribution in [0.15, 0.2) is 59.3 Å². The highest BCUT2D eigenvalue weighted by atomic mass is 16.5. The highest BCUT2D eigenvalue weighted by Gasteiger charge is 2.02. The van der Waals surface area contributed by atoms with Crippen LogP contribution >= 0.6 is 0 Å². The Hall–Kier alpha value is -2.92. The SMILES string of the molecule is CC(C)Oc1ccc(/C=C/c2nc(COCc3ccccn3)co2)cc1. The molecule has 0 atom stereocenters. The van der Waals surface area contributed by atoms with Crippen LogP contribution < -0.4 is 4.74 Å². The van der Waals surface area contributed by atoms with Gasteiger partial charge in [0.15, 0.2) is 0 Å². The average molecular weight is 350 g/mol. The van der Waals surface area contributed by atoms with Crippen molar-refractivity contribution in [2.45, 2.75) is 33.2 Å². The van der Waals surface area contributed by atoms with E-state index < -0.39 is 0 Å². The van der Waals surface area contributed by atoms with Gasteiger partial charge in [-0.3, -0.25) is 4.98 Å². The van der Waals surface area contributed by atoms with Crippen LogP contribution in [0.2, 0.25) is 0 Å². The summed E-state index contributed by atoms with van der Waals surface area (Å²) >= 11 is 0. The molecule has 0 spiro atoms. The Morgan fingerprint density at radius 1 is 1.00 bits per heavy atom. The molecule has 134 valence electrons. The molecular weight excluding hydrogens is 328 g/mol. The van der Waals surface area contributed by atoms with Gasteiger partial charge in [-0.25, -0.2) is 4.98 Å². The van der Waals surface area contributed by atoms with Crippen molar-refractivity contribution in [1.82, 2.24) is 9.97 Å². The zero-order valence-corrected chi connectivity index (χ0v) is 15.0. The van der Waals surface area contributed by atoms with Crippen LogP contribution in [0.5, 0.6) is 5.75 Å². The molecule has 3 aromatic rings. The van der Waals surface area contributed by atoms with Crippen LogP contribution in [-0.2, 0) is 18.0 Å². The van der Waals surface area contributed by atoms with Crippen molar-refractivity contribution in [3.63, 3.8) is 0 Å². The number of hydrogen-bond acceptors (Lipinski definition) is 5. The summed E-state index contributed by atoms with van der Waals surface area (Å²) in [5.74, 6) is 1.41. The molecule has 2 aromatic heterocycles. The van der Waals surface area contributed by atoms with Crippen LogP contribution in [0.3, 0.4) is 0 Å². The Bertz CT molecular complexity index is 824. The van der Waals surface area contributed by atoms with Crippen molar-refractivity contribution in [3.8, 4) is 5.75 Å². The van der Waals surface area contributed by atoms with E-state index in [1.807, 2.05) is 68.5 Å². The molecule has 0 bridgehead atoms. The third-order valence-electron chi connectivity index (χ3n) is 3.47. The molecule has 0 unspecified atom stereocenters. The molecule has 0 aliphatic carbocycles. The number of rotatable bonds is 8. The van der Waals surface area contributed by atoms with Crippen molar-refractivity contribution in [2.24, 2.45) is 0 Å². The van der Waals surface area contributed by atoms with Gasteiger partial charge in [0.1, 0.15) is 17.7 Å². The summed E-state index contributed by atoms with van der Waals surface area (Å²) in [4.78, 5) is 8.60. The molecule has 2 heterocycles. The molecular formula is C21H22N2O3. The lowest BCUT2D eigenvalue weighted by atomic mass is 10.2. The minimum atomic E-state index is 0.169. The Morgan fingerprint density at radius 3 is 2.54 bits per heavy atom. The normalized spacial score (nSPS) is 11.3. The van der Waals surface area contributed by atoms with E-state index >= 15 is 0 Å². The Kier molecular flexibility index (Phi) is 6.17. The maximum absolute atomic E-state index is 5.63. The Morgan fingerprint density at radius 2 is 1.81 bits per heavy atom. The van der Waals surface area contributed by atoms with Gasteiger partial charge in [-0.15, -0.1) is 0 Å². The zero-order valence-electron chi connectivity index (χ0n) is 15.0. The molecule has 0 radical (unpaired) electrons. The van der Waals surface area contributed by atoms with Crippen molar-refractivity contribution < 1.29 is 13.9 Å². The molecule has 0 amide bonds. The van der Waals surface area contributed by atoms with Crippen molar-refractivity contribution in [2.75, 3.05) is 0 Å². The van der Waals surface area contributed by atoms with E-state index in [9.17, 15) is 0 Å². The quantitative estimate of drug-likeness (QED) is 0.587. The first-order valence-corrected chi connectivity index (χ1v) is 8.56. The highest BCUT2D eigenvalue weighted by molar-refractivity contribution is 5.66. The second-order valence-corrected chi connectivity index (χ2v) is 6.06. The summed E-state index contributed by atoms with van der Waals surface area (Å²) < 4.78 is 16.7. The second kappa shape index (κ2) is 8.97. The number of nitrogens with zero attached hydrogens (tertiary/aromatic N) is 2. The first-order valence-electron chi connectivity index (χ1n) is 8.56. The van der Waals surface area contributed by atoms with Gasteiger partial charge < -0.3 is 13.9 Å². The van der Waals surface area contributed by atoms with Gasteiger partial charge >= 0.3 is 0 Å². The van der Waals surface area contributed by atoms with E-state index in [4.69, 9.17) is 13.9 Å². The predicted octanol–water partition coefficient (Wildman–Crippen LogP) is 4.74. The molecule has 3 rings (SSSR count). The van der Waals surface area contributed by atoms with Gasteiger partial charge in [0.25, 0.3) is 0 Å². The standard InChI is InChI=1S/C21H22N2O3/c1-16(2)26-20-9-6-17(7-10-20)8-11-21-23-19(15-25-21)14-24-13-18-5-3-4-12-22-18/h3-12,15-16H,13-14H2,1-2H3/b11-8+. The van der Waals surface area contributed by atoms with Crippen molar-refractivity contribution in [1.29, 1.82) is 0 Å². The number of oxazole rings is 1. The van der Waals surface area contributed by atoms with Gasteiger partial charge in [-0.1, -0.05) is 18.2 Å². The second-order valence-electron chi connectivity index (χ2n) is 6.06. The van der Waals surface area contributed by atoms with Crippen LogP contribution in [0.4, 0.5) is 0 Å². The van der Waals surface area contributed by atoms with Gasteiger partial charge in [-0.2, -0.15) is 0 Å². The van der Waals surface area contributed by atoms with E-state index in [1.165, 1.54) is 0 Å². The topological polar surface area (TPSA) is 57.4 Å². The first kappa shape index (κ1) is 17.9. The summed E-state index contributed by atoms with van der Waals surface area (Å²) in [5, 5.41) is 0. The third-order valence-corrected chi connectivity index (χ3v) is 3.47.